The summed E-state index contributed by atoms with van der Waals surface area (Å²) in [6.07, 6.45) is 0. The van der Waals surface area contributed by atoms with Crippen LogP contribution in [0.5, 0.6) is 5.75 Å². The van der Waals surface area contributed by atoms with Crippen LogP contribution in [0.1, 0.15) is 70.9 Å². The third kappa shape index (κ3) is 6.03. The fourth-order valence-corrected chi connectivity index (χ4v) is 5.44. The molecule has 0 aromatic heterocycles. The van der Waals surface area contributed by atoms with E-state index < -0.39 is 10.0 Å². The molecule has 35 heavy (non-hydrogen) atoms. The number of methoxy groups -OCH3 is 1. The highest BCUT2D eigenvalue weighted by atomic mass is 32.2. The molecular formula is C28H34N2O4S. The molecule has 0 unspecified atom stereocenters. The van der Waals surface area contributed by atoms with E-state index in [0.717, 1.165) is 28.0 Å². The third-order valence-electron chi connectivity index (χ3n) is 6.06. The molecule has 0 heterocycles. The molecule has 3 rings (SSSR count). The normalized spacial score (nSPS) is 12.3. The third-order valence-corrected chi connectivity index (χ3v) is 7.59. The highest BCUT2D eigenvalue weighted by Gasteiger charge is 2.21. The molecule has 0 saturated heterocycles. The second-order valence-electron chi connectivity index (χ2n) is 9.26. The molecule has 3 aromatic rings. The molecule has 3 aromatic carbocycles. The van der Waals surface area contributed by atoms with Gasteiger partial charge in [-0.1, -0.05) is 32.0 Å². The van der Waals surface area contributed by atoms with Crippen LogP contribution in [0.3, 0.4) is 0 Å². The molecule has 0 aliphatic rings. The number of carbonyl (C=O) groups is 1. The van der Waals surface area contributed by atoms with E-state index in [0.29, 0.717) is 11.3 Å². The van der Waals surface area contributed by atoms with E-state index in [-0.39, 0.29) is 28.3 Å². The molecule has 0 aliphatic heterocycles. The van der Waals surface area contributed by atoms with Crippen molar-refractivity contribution in [2.45, 2.75) is 58.4 Å². The Bertz CT molecular complexity index is 1350. The maximum Gasteiger partial charge on any atom is 0.262 e. The first-order valence-corrected chi connectivity index (χ1v) is 13.1. The van der Waals surface area contributed by atoms with Crippen LogP contribution >= 0.6 is 0 Å². The average Bonchev–Trinajstić information content (AvgIpc) is 2.78. The SMILES string of the molecule is COc1cc(C)c([C@@H](C)NC(=O)c2ccc(C)c(S(=O)(=O)Nc3cccc(C)c3)c2)cc1C(C)C. The first kappa shape index (κ1) is 26.3. The molecule has 2 N–H and O–H groups in total. The highest BCUT2D eigenvalue weighted by Crippen LogP contribution is 2.32. The maximum atomic E-state index is 13.1. The van der Waals surface area contributed by atoms with E-state index in [1.165, 1.54) is 6.07 Å². The molecule has 6 nitrogen and oxygen atoms in total. The van der Waals surface area contributed by atoms with Crippen molar-refractivity contribution in [1.29, 1.82) is 0 Å². The topological polar surface area (TPSA) is 84.5 Å². The van der Waals surface area contributed by atoms with Gasteiger partial charge >= 0.3 is 0 Å². The molecule has 0 bridgehead atoms. The van der Waals surface area contributed by atoms with Crippen molar-refractivity contribution in [2.75, 3.05) is 11.8 Å². The number of sulfonamides is 1. The molecule has 0 aliphatic carbocycles. The van der Waals surface area contributed by atoms with Gasteiger partial charge in [-0.25, -0.2) is 8.42 Å². The minimum Gasteiger partial charge on any atom is -0.496 e. The zero-order valence-corrected chi connectivity index (χ0v) is 22.2. The first-order chi connectivity index (χ1) is 16.4. The van der Waals surface area contributed by atoms with E-state index in [1.807, 2.05) is 32.9 Å². The summed E-state index contributed by atoms with van der Waals surface area (Å²) in [6, 6.07) is 15.6. The Morgan fingerprint density at radius 3 is 2.23 bits per heavy atom. The quantitative estimate of drug-likeness (QED) is 0.400. The van der Waals surface area contributed by atoms with E-state index in [2.05, 4.69) is 30.0 Å². The summed E-state index contributed by atoms with van der Waals surface area (Å²) in [4.78, 5) is 13.2. The van der Waals surface area contributed by atoms with Gasteiger partial charge in [-0.05, 0) is 97.8 Å². The number of rotatable bonds is 8. The number of nitrogens with one attached hydrogen (secondary N) is 2. The summed E-state index contributed by atoms with van der Waals surface area (Å²) in [5.41, 5.74) is 5.32. The summed E-state index contributed by atoms with van der Waals surface area (Å²) in [5.74, 6) is 0.748. The van der Waals surface area contributed by atoms with Crippen LogP contribution in [0.4, 0.5) is 5.69 Å². The Kier molecular flexibility index (Phi) is 7.90. The van der Waals surface area contributed by atoms with Crippen molar-refractivity contribution < 1.29 is 17.9 Å². The summed E-state index contributed by atoms with van der Waals surface area (Å²) in [7, 11) is -2.22. The van der Waals surface area contributed by atoms with E-state index in [4.69, 9.17) is 4.74 Å². The fraction of sp³-hybridized carbons (Fsp3) is 0.321. The number of ether oxygens (including phenoxy) is 1. The van der Waals surface area contributed by atoms with Crippen LogP contribution < -0.4 is 14.8 Å². The first-order valence-electron chi connectivity index (χ1n) is 11.6. The van der Waals surface area contributed by atoms with Crippen LogP contribution in [-0.2, 0) is 10.0 Å². The van der Waals surface area contributed by atoms with Crippen molar-refractivity contribution in [3.63, 3.8) is 0 Å². The largest absolute Gasteiger partial charge is 0.496 e. The number of aryl methyl sites for hydroxylation is 3. The molecule has 0 saturated carbocycles. The van der Waals surface area contributed by atoms with Crippen molar-refractivity contribution in [1.82, 2.24) is 5.32 Å². The summed E-state index contributed by atoms with van der Waals surface area (Å²) in [6.45, 7) is 11.7. The number of carbonyl (C=O) groups excluding carboxylic acids is 1. The van der Waals surface area contributed by atoms with Crippen LogP contribution in [0.25, 0.3) is 0 Å². The van der Waals surface area contributed by atoms with Gasteiger partial charge in [0.25, 0.3) is 15.9 Å². The van der Waals surface area contributed by atoms with Gasteiger partial charge in [-0.15, -0.1) is 0 Å². The number of hydrogen-bond acceptors (Lipinski definition) is 4. The number of hydrogen-bond donors (Lipinski definition) is 2. The molecule has 7 heteroatoms. The van der Waals surface area contributed by atoms with Crippen LogP contribution in [0.2, 0.25) is 0 Å². The zero-order valence-electron chi connectivity index (χ0n) is 21.4. The summed E-state index contributed by atoms with van der Waals surface area (Å²) < 4.78 is 34.3. The lowest BCUT2D eigenvalue weighted by atomic mass is 9.93. The average molecular weight is 495 g/mol. The highest BCUT2D eigenvalue weighted by molar-refractivity contribution is 7.92. The maximum absolute atomic E-state index is 13.1. The van der Waals surface area contributed by atoms with Gasteiger partial charge in [-0.3, -0.25) is 9.52 Å². The number of amides is 1. The van der Waals surface area contributed by atoms with Crippen molar-refractivity contribution in [3.8, 4) is 5.75 Å². The van der Waals surface area contributed by atoms with E-state index in [1.54, 1.807) is 44.4 Å². The Morgan fingerprint density at radius 1 is 0.886 bits per heavy atom. The van der Waals surface area contributed by atoms with Crippen molar-refractivity contribution in [2.24, 2.45) is 0 Å². The molecule has 186 valence electrons. The fourth-order valence-electron chi connectivity index (χ4n) is 4.12. The molecule has 0 spiro atoms. The van der Waals surface area contributed by atoms with E-state index in [9.17, 15) is 13.2 Å². The lowest BCUT2D eigenvalue weighted by molar-refractivity contribution is 0.0939. The van der Waals surface area contributed by atoms with Crippen LogP contribution in [0.15, 0.2) is 59.5 Å². The Hall–Kier alpha value is -3.32. The molecule has 1 atom stereocenters. The minimum atomic E-state index is -3.87. The zero-order chi connectivity index (χ0) is 25.9. The van der Waals surface area contributed by atoms with Gasteiger partial charge in [0, 0.05) is 11.3 Å². The van der Waals surface area contributed by atoms with Gasteiger partial charge in [0.15, 0.2) is 0 Å². The smallest absolute Gasteiger partial charge is 0.262 e. The van der Waals surface area contributed by atoms with Crippen molar-refractivity contribution in [3.05, 3.63) is 88.0 Å². The monoisotopic (exact) mass is 494 g/mol. The second-order valence-corrected chi connectivity index (χ2v) is 10.9. The predicted octanol–water partition coefficient (Wildman–Crippen LogP) is 6.04. The minimum absolute atomic E-state index is 0.0713. The molecule has 0 fully saturated rings. The van der Waals surface area contributed by atoms with Gasteiger partial charge in [-0.2, -0.15) is 0 Å². The lowest BCUT2D eigenvalue weighted by Gasteiger charge is -2.21. The van der Waals surface area contributed by atoms with Gasteiger partial charge < -0.3 is 10.1 Å². The predicted molar refractivity (Wildman–Crippen MR) is 141 cm³/mol. The number of benzene rings is 3. The summed E-state index contributed by atoms with van der Waals surface area (Å²) >= 11 is 0. The second kappa shape index (κ2) is 10.5. The van der Waals surface area contributed by atoms with Gasteiger partial charge in [0.1, 0.15) is 5.75 Å². The van der Waals surface area contributed by atoms with Gasteiger partial charge in [0.2, 0.25) is 0 Å². The molecule has 0 radical (unpaired) electrons. The lowest BCUT2D eigenvalue weighted by Crippen LogP contribution is -2.27. The van der Waals surface area contributed by atoms with E-state index >= 15 is 0 Å². The Labute approximate surface area is 208 Å². The van der Waals surface area contributed by atoms with Crippen LogP contribution in [0, 0.1) is 20.8 Å². The number of anilines is 1. The molecular weight excluding hydrogens is 460 g/mol. The standard InChI is InChI=1S/C28H34N2O4S/c1-17(2)24-16-25(20(5)14-26(24)34-7)21(6)29-28(31)22-12-11-19(4)27(15-22)35(32,33)30-23-10-8-9-18(3)13-23/h8-17,21,30H,1-7H3,(H,29,31)/t21-/m1/s1. The van der Waals surface area contributed by atoms with Crippen LogP contribution in [-0.4, -0.2) is 21.4 Å². The van der Waals surface area contributed by atoms with Crippen molar-refractivity contribution >= 4 is 21.6 Å². The Balaban J connectivity index is 1.87. The molecule has 1 amide bonds. The summed E-state index contributed by atoms with van der Waals surface area (Å²) in [5, 5.41) is 3.02. The van der Waals surface area contributed by atoms with Gasteiger partial charge in [0.05, 0.1) is 18.0 Å². The Morgan fingerprint density at radius 2 is 1.60 bits per heavy atom.